The van der Waals surface area contributed by atoms with Crippen molar-refractivity contribution in [2.75, 3.05) is 31.1 Å². The summed E-state index contributed by atoms with van der Waals surface area (Å²) in [4.78, 5) is 2.52. The molecular weight excluding hydrogens is 172 g/mol. The largest absolute Gasteiger partial charge is 0.371 e. The highest BCUT2D eigenvalue weighted by molar-refractivity contribution is 5.47. The topological polar surface area (TPSA) is 15.3 Å². The van der Waals surface area contributed by atoms with E-state index in [0.717, 1.165) is 11.8 Å². The van der Waals surface area contributed by atoms with Crippen molar-refractivity contribution in [1.29, 1.82) is 0 Å². The lowest BCUT2D eigenvalue weighted by molar-refractivity contribution is 0.533. The highest BCUT2D eigenvalue weighted by Gasteiger charge is 2.35. The molecule has 2 unspecified atom stereocenters. The Balaban J connectivity index is 1.77. The molecule has 2 heterocycles. The second kappa shape index (κ2) is 3.28. The van der Waals surface area contributed by atoms with E-state index >= 15 is 0 Å². The zero-order valence-electron chi connectivity index (χ0n) is 8.32. The van der Waals surface area contributed by atoms with Gasteiger partial charge in [0.2, 0.25) is 0 Å². The summed E-state index contributed by atoms with van der Waals surface area (Å²) in [6, 6.07) is 10.8. The van der Waals surface area contributed by atoms with Crippen LogP contribution in [0.1, 0.15) is 0 Å². The summed E-state index contributed by atoms with van der Waals surface area (Å²) in [5, 5.41) is 3.47. The minimum Gasteiger partial charge on any atom is -0.371 e. The van der Waals surface area contributed by atoms with E-state index in [1.54, 1.807) is 0 Å². The van der Waals surface area contributed by atoms with Crippen LogP contribution in [0.2, 0.25) is 0 Å². The first-order valence-electron chi connectivity index (χ1n) is 5.44. The molecule has 0 radical (unpaired) electrons. The molecule has 1 N–H and O–H groups in total. The minimum absolute atomic E-state index is 0.884. The van der Waals surface area contributed by atoms with Crippen LogP contribution in [0.25, 0.3) is 0 Å². The highest BCUT2D eigenvalue weighted by Crippen LogP contribution is 2.29. The fourth-order valence-electron chi connectivity index (χ4n) is 2.71. The number of nitrogens with one attached hydrogen (secondary N) is 1. The molecule has 0 saturated carbocycles. The zero-order chi connectivity index (χ0) is 9.38. The van der Waals surface area contributed by atoms with E-state index in [1.807, 2.05) is 0 Å². The van der Waals surface area contributed by atoms with E-state index in [1.165, 1.54) is 31.9 Å². The molecule has 0 amide bonds. The Morgan fingerprint density at radius 1 is 1.00 bits per heavy atom. The van der Waals surface area contributed by atoms with Crippen molar-refractivity contribution in [3.8, 4) is 0 Å². The summed E-state index contributed by atoms with van der Waals surface area (Å²) in [6.45, 7) is 4.91. The molecule has 0 aromatic heterocycles. The third kappa shape index (κ3) is 1.30. The molecule has 2 saturated heterocycles. The summed E-state index contributed by atoms with van der Waals surface area (Å²) in [5.74, 6) is 1.77. The summed E-state index contributed by atoms with van der Waals surface area (Å²) in [5.41, 5.74) is 1.39. The monoisotopic (exact) mass is 188 g/mol. The maximum absolute atomic E-state index is 3.47. The summed E-state index contributed by atoms with van der Waals surface area (Å²) < 4.78 is 0. The van der Waals surface area contributed by atoms with Crippen LogP contribution < -0.4 is 10.2 Å². The molecule has 2 heteroatoms. The first-order valence-corrected chi connectivity index (χ1v) is 5.44. The van der Waals surface area contributed by atoms with Crippen molar-refractivity contribution in [3.63, 3.8) is 0 Å². The summed E-state index contributed by atoms with van der Waals surface area (Å²) in [7, 11) is 0. The number of hydrogen-bond acceptors (Lipinski definition) is 2. The quantitative estimate of drug-likeness (QED) is 0.715. The lowest BCUT2D eigenvalue weighted by atomic mass is 10.0. The van der Waals surface area contributed by atoms with Crippen molar-refractivity contribution in [2.45, 2.75) is 0 Å². The Morgan fingerprint density at radius 2 is 1.64 bits per heavy atom. The minimum atomic E-state index is 0.884. The van der Waals surface area contributed by atoms with E-state index in [9.17, 15) is 0 Å². The number of anilines is 1. The van der Waals surface area contributed by atoms with E-state index < -0.39 is 0 Å². The Labute approximate surface area is 84.9 Å². The van der Waals surface area contributed by atoms with Gasteiger partial charge in [-0.15, -0.1) is 0 Å². The molecule has 1 aromatic rings. The van der Waals surface area contributed by atoms with Crippen LogP contribution in [0.3, 0.4) is 0 Å². The van der Waals surface area contributed by atoms with Gasteiger partial charge in [0.15, 0.2) is 0 Å². The molecular formula is C12H16N2. The molecule has 0 bridgehead atoms. The Hall–Kier alpha value is -1.02. The predicted octanol–water partition coefficient (Wildman–Crippen LogP) is 1.34. The third-order valence-corrected chi connectivity index (χ3v) is 3.51. The number of hydrogen-bond donors (Lipinski definition) is 1. The first kappa shape index (κ1) is 8.30. The van der Waals surface area contributed by atoms with Crippen molar-refractivity contribution in [2.24, 2.45) is 11.8 Å². The van der Waals surface area contributed by atoms with Crippen LogP contribution in [-0.2, 0) is 0 Å². The Kier molecular flexibility index (Phi) is 1.95. The Morgan fingerprint density at radius 3 is 2.29 bits per heavy atom. The van der Waals surface area contributed by atoms with Crippen molar-refractivity contribution in [3.05, 3.63) is 30.3 Å². The third-order valence-electron chi connectivity index (χ3n) is 3.51. The van der Waals surface area contributed by atoms with E-state index in [4.69, 9.17) is 0 Å². The molecule has 0 aliphatic carbocycles. The van der Waals surface area contributed by atoms with Crippen LogP contribution in [0.4, 0.5) is 5.69 Å². The van der Waals surface area contributed by atoms with Gasteiger partial charge in [0.05, 0.1) is 0 Å². The first-order chi connectivity index (χ1) is 6.93. The van der Waals surface area contributed by atoms with Crippen molar-refractivity contribution in [1.82, 2.24) is 5.32 Å². The fraction of sp³-hybridized carbons (Fsp3) is 0.500. The second-order valence-corrected chi connectivity index (χ2v) is 4.42. The van der Waals surface area contributed by atoms with Crippen LogP contribution in [-0.4, -0.2) is 26.2 Å². The van der Waals surface area contributed by atoms with Gasteiger partial charge >= 0.3 is 0 Å². The molecule has 74 valence electrons. The lowest BCUT2D eigenvalue weighted by Crippen LogP contribution is -2.25. The molecule has 2 atom stereocenters. The maximum Gasteiger partial charge on any atom is 0.0366 e. The van der Waals surface area contributed by atoms with Crippen LogP contribution in [0.15, 0.2) is 30.3 Å². The van der Waals surface area contributed by atoms with E-state index in [-0.39, 0.29) is 0 Å². The summed E-state index contributed by atoms with van der Waals surface area (Å²) in [6.07, 6.45) is 0. The summed E-state index contributed by atoms with van der Waals surface area (Å²) >= 11 is 0. The average molecular weight is 188 g/mol. The van der Waals surface area contributed by atoms with Gasteiger partial charge in [-0.05, 0) is 24.0 Å². The van der Waals surface area contributed by atoms with Crippen molar-refractivity contribution < 1.29 is 0 Å². The molecule has 2 nitrogen and oxygen atoms in total. The SMILES string of the molecule is c1ccc(N2CC3CNCC3C2)cc1. The molecule has 0 spiro atoms. The van der Waals surface area contributed by atoms with Crippen LogP contribution in [0.5, 0.6) is 0 Å². The molecule has 2 aliphatic heterocycles. The van der Waals surface area contributed by atoms with Gasteiger partial charge in [-0.1, -0.05) is 18.2 Å². The smallest absolute Gasteiger partial charge is 0.0366 e. The van der Waals surface area contributed by atoms with Gasteiger partial charge in [0.1, 0.15) is 0 Å². The molecule has 2 fully saturated rings. The lowest BCUT2D eigenvalue weighted by Gasteiger charge is -2.19. The van der Waals surface area contributed by atoms with Gasteiger partial charge in [0.25, 0.3) is 0 Å². The van der Waals surface area contributed by atoms with Crippen LogP contribution in [0, 0.1) is 11.8 Å². The van der Waals surface area contributed by atoms with E-state index in [0.29, 0.717) is 0 Å². The standard InChI is InChI=1S/C12H16N2/c1-2-4-12(5-3-1)14-8-10-6-13-7-11(10)9-14/h1-5,10-11,13H,6-9H2. The van der Waals surface area contributed by atoms with E-state index in [2.05, 4.69) is 40.5 Å². The average Bonchev–Trinajstić information content (AvgIpc) is 2.78. The number of para-hydroxylation sites is 1. The van der Waals surface area contributed by atoms with Gasteiger partial charge in [-0.3, -0.25) is 0 Å². The highest BCUT2D eigenvalue weighted by atomic mass is 15.2. The van der Waals surface area contributed by atoms with Crippen LogP contribution >= 0.6 is 0 Å². The molecule has 2 aliphatic rings. The number of benzene rings is 1. The van der Waals surface area contributed by atoms with Gasteiger partial charge in [-0.2, -0.15) is 0 Å². The fourth-order valence-corrected chi connectivity index (χ4v) is 2.71. The van der Waals surface area contributed by atoms with Gasteiger partial charge in [-0.25, -0.2) is 0 Å². The number of fused-ring (bicyclic) bond motifs is 1. The van der Waals surface area contributed by atoms with Gasteiger partial charge in [0, 0.05) is 31.9 Å². The maximum atomic E-state index is 3.47. The molecule has 14 heavy (non-hydrogen) atoms. The number of rotatable bonds is 1. The Bertz CT molecular complexity index is 297. The normalized spacial score (nSPS) is 30.7. The predicted molar refractivity (Wildman–Crippen MR) is 58.5 cm³/mol. The zero-order valence-corrected chi connectivity index (χ0v) is 8.32. The number of nitrogens with zero attached hydrogens (tertiary/aromatic N) is 1. The van der Waals surface area contributed by atoms with Crippen molar-refractivity contribution >= 4 is 5.69 Å². The van der Waals surface area contributed by atoms with Gasteiger partial charge < -0.3 is 10.2 Å². The second-order valence-electron chi connectivity index (χ2n) is 4.42. The molecule has 1 aromatic carbocycles. The molecule has 3 rings (SSSR count).